The van der Waals surface area contributed by atoms with Gasteiger partial charge in [0.25, 0.3) is 0 Å². The molecule has 0 saturated carbocycles. The Hall–Kier alpha value is -0.800. The SMILES string of the molecule is CN1CCC2(C=Cc3ccc(Br)cc3O2)CC1. The molecule has 0 radical (unpaired) electrons. The molecule has 3 rings (SSSR count). The summed E-state index contributed by atoms with van der Waals surface area (Å²) >= 11 is 3.50. The summed E-state index contributed by atoms with van der Waals surface area (Å²) in [5.41, 5.74) is 1.11. The normalized spacial score (nSPS) is 22.2. The van der Waals surface area contributed by atoms with E-state index in [-0.39, 0.29) is 5.60 Å². The van der Waals surface area contributed by atoms with Gasteiger partial charge in [0.1, 0.15) is 11.4 Å². The van der Waals surface area contributed by atoms with E-state index in [1.165, 1.54) is 5.56 Å². The summed E-state index contributed by atoms with van der Waals surface area (Å²) < 4.78 is 7.32. The summed E-state index contributed by atoms with van der Waals surface area (Å²) in [4.78, 5) is 2.36. The standard InChI is InChI=1S/C14H16BrNO/c1-16-8-6-14(7-9-16)5-4-11-2-3-12(15)10-13(11)17-14/h2-5,10H,6-9H2,1H3. The zero-order chi connectivity index (χ0) is 11.9. The second kappa shape index (κ2) is 4.14. The van der Waals surface area contributed by atoms with Crippen LogP contribution in [-0.4, -0.2) is 30.6 Å². The summed E-state index contributed by atoms with van der Waals surface area (Å²) in [5.74, 6) is 1.01. The van der Waals surface area contributed by atoms with Crippen LogP contribution in [0.2, 0.25) is 0 Å². The van der Waals surface area contributed by atoms with Gasteiger partial charge in [0, 0.05) is 36.0 Å². The third-order valence-corrected chi connectivity index (χ3v) is 4.18. The summed E-state index contributed by atoms with van der Waals surface area (Å²) in [5, 5.41) is 0. The van der Waals surface area contributed by atoms with Crippen LogP contribution in [0.1, 0.15) is 18.4 Å². The van der Waals surface area contributed by atoms with Crippen LogP contribution in [-0.2, 0) is 0 Å². The molecular formula is C14H16BrNO. The molecule has 1 spiro atoms. The quantitative estimate of drug-likeness (QED) is 0.728. The van der Waals surface area contributed by atoms with Crippen LogP contribution in [0.5, 0.6) is 5.75 Å². The van der Waals surface area contributed by atoms with Gasteiger partial charge in [-0.25, -0.2) is 0 Å². The lowest BCUT2D eigenvalue weighted by molar-refractivity contribution is 0.0472. The van der Waals surface area contributed by atoms with Crippen molar-refractivity contribution in [1.29, 1.82) is 0 Å². The number of piperidine rings is 1. The highest BCUT2D eigenvalue weighted by Gasteiger charge is 2.35. The highest BCUT2D eigenvalue weighted by molar-refractivity contribution is 9.10. The third-order valence-electron chi connectivity index (χ3n) is 3.69. The average Bonchev–Trinajstić information content (AvgIpc) is 2.33. The average molecular weight is 294 g/mol. The number of fused-ring (bicyclic) bond motifs is 1. The van der Waals surface area contributed by atoms with Gasteiger partial charge in [0.15, 0.2) is 0 Å². The number of benzene rings is 1. The minimum absolute atomic E-state index is 0.0691. The Bertz CT molecular complexity index is 461. The maximum absolute atomic E-state index is 6.25. The number of hydrogen-bond donors (Lipinski definition) is 0. The Labute approximate surface area is 110 Å². The third kappa shape index (κ3) is 2.14. The van der Waals surface area contributed by atoms with Crippen molar-refractivity contribution in [3.63, 3.8) is 0 Å². The second-order valence-electron chi connectivity index (χ2n) is 4.99. The van der Waals surface area contributed by atoms with Gasteiger partial charge < -0.3 is 9.64 Å². The first-order chi connectivity index (χ1) is 8.17. The number of rotatable bonds is 0. The molecule has 90 valence electrons. The van der Waals surface area contributed by atoms with E-state index in [0.29, 0.717) is 0 Å². The van der Waals surface area contributed by atoms with Crippen molar-refractivity contribution in [2.45, 2.75) is 18.4 Å². The molecule has 2 aliphatic rings. The van der Waals surface area contributed by atoms with Crippen molar-refractivity contribution in [3.8, 4) is 5.75 Å². The van der Waals surface area contributed by atoms with Crippen LogP contribution in [0, 0.1) is 0 Å². The first-order valence-electron chi connectivity index (χ1n) is 6.03. The van der Waals surface area contributed by atoms with E-state index in [0.717, 1.165) is 36.2 Å². The highest BCUT2D eigenvalue weighted by atomic mass is 79.9. The molecule has 0 unspecified atom stereocenters. The molecule has 0 bridgehead atoms. The molecule has 0 N–H and O–H groups in total. The lowest BCUT2D eigenvalue weighted by atomic mass is 9.88. The number of ether oxygens (including phenoxy) is 1. The van der Waals surface area contributed by atoms with Crippen LogP contribution in [0.3, 0.4) is 0 Å². The fourth-order valence-corrected chi connectivity index (χ4v) is 2.83. The molecule has 17 heavy (non-hydrogen) atoms. The van der Waals surface area contributed by atoms with Gasteiger partial charge in [-0.3, -0.25) is 0 Å². The van der Waals surface area contributed by atoms with Crippen molar-refractivity contribution in [1.82, 2.24) is 4.90 Å². The maximum atomic E-state index is 6.25. The van der Waals surface area contributed by atoms with Gasteiger partial charge in [-0.1, -0.05) is 28.1 Å². The number of nitrogens with zero attached hydrogens (tertiary/aromatic N) is 1. The molecule has 0 aromatic heterocycles. The molecule has 0 aliphatic carbocycles. The molecular weight excluding hydrogens is 278 g/mol. The van der Waals surface area contributed by atoms with Crippen molar-refractivity contribution in [2.75, 3.05) is 20.1 Å². The van der Waals surface area contributed by atoms with Crippen molar-refractivity contribution in [2.24, 2.45) is 0 Å². The van der Waals surface area contributed by atoms with Gasteiger partial charge in [-0.15, -0.1) is 0 Å². The summed E-state index contributed by atoms with van der Waals surface area (Å²) in [6.07, 6.45) is 6.60. The Morgan fingerprint density at radius 1 is 1.29 bits per heavy atom. The monoisotopic (exact) mass is 293 g/mol. The molecule has 2 aliphatic heterocycles. The Morgan fingerprint density at radius 2 is 2.06 bits per heavy atom. The van der Waals surface area contributed by atoms with E-state index in [1.54, 1.807) is 0 Å². The summed E-state index contributed by atoms with van der Waals surface area (Å²) in [7, 11) is 2.17. The molecule has 1 fully saturated rings. The topological polar surface area (TPSA) is 12.5 Å². The Kier molecular flexibility index (Phi) is 2.75. The number of hydrogen-bond acceptors (Lipinski definition) is 2. The molecule has 0 atom stereocenters. The number of likely N-dealkylation sites (tertiary alicyclic amines) is 1. The Balaban J connectivity index is 1.89. The van der Waals surface area contributed by atoms with Gasteiger partial charge in [-0.2, -0.15) is 0 Å². The fraction of sp³-hybridized carbons (Fsp3) is 0.429. The summed E-state index contributed by atoms with van der Waals surface area (Å²) in [6.45, 7) is 2.21. The lowest BCUT2D eigenvalue weighted by Crippen LogP contribution is -2.46. The highest BCUT2D eigenvalue weighted by Crippen LogP contribution is 2.37. The first kappa shape index (κ1) is 11.3. The predicted molar refractivity (Wildman–Crippen MR) is 73.3 cm³/mol. The van der Waals surface area contributed by atoms with Crippen molar-refractivity contribution in [3.05, 3.63) is 34.3 Å². The molecule has 0 amide bonds. The van der Waals surface area contributed by atoms with E-state index >= 15 is 0 Å². The molecule has 2 nitrogen and oxygen atoms in total. The predicted octanol–water partition coefficient (Wildman–Crippen LogP) is 3.32. The van der Waals surface area contributed by atoms with E-state index in [1.807, 2.05) is 0 Å². The molecule has 3 heteroatoms. The van der Waals surface area contributed by atoms with Crippen LogP contribution >= 0.6 is 15.9 Å². The van der Waals surface area contributed by atoms with E-state index in [4.69, 9.17) is 4.74 Å². The van der Waals surface area contributed by atoms with Gasteiger partial charge in [0.2, 0.25) is 0 Å². The Morgan fingerprint density at radius 3 is 2.82 bits per heavy atom. The molecule has 1 aromatic carbocycles. The van der Waals surface area contributed by atoms with Crippen LogP contribution in [0.15, 0.2) is 28.7 Å². The van der Waals surface area contributed by atoms with Crippen molar-refractivity contribution < 1.29 is 4.74 Å². The van der Waals surface area contributed by atoms with Crippen molar-refractivity contribution >= 4 is 22.0 Å². The van der Waals surface area contributed by atoms with Crippen LogP contribution < -0.4 is 4.74 Å². The number of halogens is 1. The molecule has 1 saturated heterocycles. The summed E-state index contributed by atoms with van der Waals surface area (Å²) in [6, 6.07) is 6.22. The lowest BCUT2D eigenvalue weighted by Gasteiger charge is -2.40. The van der Waals surface area contributed by atoms with Gasteiger partial charge in [-0.05, 0) is 25.3 Å². The minimum Gasteiger partial charge on any atom is -0.482 e. The fourth-order valence-electron chi connectivity index (χ4n) is 2.49. The zero-order valence-electron chi connectivity index (χ0n) is 9.95. The van der Waals surface area contributed by atoms with Gasteiger partial charge >= 0.3 is 0 Å². The van der Waals surface area contributed by atoms with Crippen LogP contribution in [0.25, 0.3) is 6.08 Å². The van der Waals surface area contributed by atoms with E-state index in [2.05, 4.69) is 58.2 Å². The van der Waals surface area contributed by atoms with Crippen LogP contribution in [0.4, 0.5) is 0 Å². The smallest absolute Gasteiger partial charge is 0.130 e. The zero-order valence-corrected chi connectivity index (χ0v) is 11.5. The maximum Gasteiger partial charge on any atom is 0.130 e. The van der Waals surface area contributed by atoms with E-state index in [9.17, 15) is 0 Å². The molecule has 1 aromatic rings. The minimum atomic E-state index is -0.0691. The van der Waals surface area contributed by atoms with E-state index < -0.39 is 0 Å². The largest absolute Gasteiger partial charge is 0.482 e. The molecule has 2 heterocycles. The van der Waals surface area contributed by atoms with Gasteiger partial charge in [0.05, 0.1) is 0 Å². The first-order valence-corrected chi connectivity index (χ1v) is 6.83. The second-order valence-corrected chi connectivity index (χ2v) is 5.90.